The fourth-order valence-electron chi connectivity index (χ4n) is 3.07. The molecule has 0 aromatic rings. The molecule has 0 rings (SSSR count). The van der Waals surface area contributed by atoms with Gasteiger partial charge in [-0.05, 0) is 5.75 Å². The standard InChI is InChI=1S/C18H5F33S/c19-3(20,1-2-52)4(21,22)5(23,24)6(25,26)7(27,28)8(29,30)9(31,32)10(33,34)11(35,36)12(37,38)13(39,40)14(41,42)15(43,44)16(45,46)17(47,48)18(49,50)51/h52H,1-2H2. The number of rotatable bonds is 16. The van der Waals surface area contributed by atoms with Crippen molar-refractivity contribution in [1.82, 2.24) is 0 Å². The molecule has 0 aromatic heterocycles. The maximum absolute atomic E-state index is 13.8. The number of hydrogen-bond donors (Lipinski definition) is 1. The van der Waals surface area contributed by atoms with Crippen molar-refractivity contribution in [2.45, 2.75) is 101 Å². The Morgan fingerprint density at radius 3 is 0.481 bits per heavy atom. The molecule has 0 saturated heterocycles. The van der Waals surface area contributed by atoms with Gasteiger partial charge in [-0.3, -0.25) is 0 Å². The van der Waals surface area contributed by atoms with Crippen LogP contribution in [0.25, 0.3) is 0 Å². The maximum Gasteiger partial charge on any atom is 0.460 e. The van der Waals surface area contributed by atoms with Crippen molar-refractivity contribution < 1.29 is 145 Å². The summed E-state index contributed by atoms with van der Waals surface area (Å²) in [5.74, 6) is -144. The smallest absolute Gasteiger partial charge is 0.200 e. The van der Waals surface area contributed by atoms with Gasteiger partial charge in [-0.1, -0.05) is 0 Å². The molecule has 0 radical (unpaired) electrons. The first-order valence-corrected chi connectivity index (χ1v) is 11.8. The van der Waals surface area contributed by atoms with Gasteiger partial charge in [0.05, 0.1) is 0 Å². The summed E-state index contributed by atoms with van der Waals surface area (Å²) in [6.45, 7) is 0. The molecule has 0 fully saturated rings. The van der Waals surface area contributed by atoms with E-state index in [0.717, 1.165) is 0 Å². The van der Waals surface area contributed by atoms with E-state index in [4.69, 9.17) is 0 Å². The minimum Gasteiger partial charge on any atom is -0.200 e. The van der Waals surface area contributed by atoms with E-state index < -0.39 is 107 Å². The average molecular weight is 880 g/mol. The van der Waals surface area contributed by atoms with Crippen LogP contribution in [0.1, 0.15) is 6.42 Å². The Kier molecular flexibility index (Phi) is 11.8. The highest BCUT2D eigenvalue weighted by molar-refractivity contribution is 7.80. The van der Waals surface area contributed by atoms with Crippen molar-refractivity contribution in [2.75, 3.05) is 5.75 Å². The highest BCUT2D eigenvalue weighted by Crippen LogP contribution is 2.70. The van der Waals surface area contributed by atoms with Crippen molar-refractivity contribution in [3.8, 4) is 0 Å². The minimum absolute atomic E-state index is 1.89. The molecule has 0 aliphatic heterocycles. The Labute approximate surface area is 266 Å². The molecule has 0 aromatic carbocycles. The molecule has 0 heterocycles. The topological polar surface area (TPSA) is 0 Å². The van der Waals surface area contributed by atoms with Crippen LogP contribution >= 0.6 is 12.6 Å². The van der Waals surface area contributed by atoms with Crippen molar-refractivity contribution >= 4 is 12.6 Å². The molecule has 0 aliphatic rings. The highest BCUT2D eigenvalue weighted by Gasteiger charge is 3.01. The molecule has 0 atom stereocenters. The Balaban J connectivity index is 7.71. The second-order valence-electron chi connectivity index (χ2n) is 9.72. The number of alkyl halides is 33. The third kappa shape index (κ3) is 5.66. The zero-order chi connectivity index (χ0) is 43.4. The summed E-state index contributed by atoms with van der Waals surface area (Å²) in [6, 6.07) is 0. The van der Waals surface area contributed by atoms with Gasteiger partial charge >= 0.3 is 95.0 Å². The van der Waals surface area contributed by atoms with Crippen LogP contribution in [0.15, 0.2) is 0 Å². The van der Waals surface area contributed by atoms with Crippen molar-refractivity contribution in [3.63, 3.8) is 0 Å². The lowest BCUT2D eigenvalue weighted by Crippen LogP contribution is -2.80. The minimum atomic E-state index is -10.2. The van der Waals surface area contributed by atoms with E-state index >= 15 is 0 Å². The third-order valence-electron chi connectivity index (χ3n) is 6.37. The second kappa shape index (κ2) is 12.3. The average Bonchev–Trinajstić information content (AvgIpc) is 2.90. The predicted molar refractivity (Wildman–Crippen MR) is 98.7 cm³/mol. The fourth-order valence-corrected chi connectivity index (χ4v) is 3.35. The molecule has 0 saturated carbocycles. The monoisotopic (exact) mass is 880 g/mol. The van der Waals surface area contributed by atoms with Crippen LogP contribution in [0.5, 0.6) is 0 Å². The Morgan fingerprint density at radius 1 is 0.212 bits per heavy atom. The largest absolute Gasteiger partial charge is 0.460 e. The molecule has 314 valence electrons. The first kappa shape index (κ1) is 50.0. The van der Waals surface area contributed by atoms with Gasteiger partial charge in [-0.15, -0.1) is 0 Å². The van der Waals surface area contributed by atoms with E-state index in [1.54, 1.807) is 0 Å². The Bertz CT molecular complexity index is 1280. The molecular weight excluding hydrogens is 875 g/mol. The van der Waals surface area contributed by atoms with Crippen LogP contribution in [-0.4, -0.2) is 101 Å². The molecular formula is C18H5F33S. The van der Waals surface area contributed by atoms with E-state index in [9.17, 15) is 145 Å². The van der Waals surface area contributed by atoms with Crippen LogP contribution in [0, 0.1) is 0 Å². The first-order valence-electron chi connectivity index (χ1n) is 11.2. The Hall–Kier alpha value is -1.96. The molecule has 52 heavy (non-hydrogen) atoms. The normalized spacial score (nSPS) is 17.2. The van der Waals surface area contributed by atoms with Gasteiger partial charge in [0, 0.05) is 6.42 Å². The van der Waals surface area contributed by atoms with Gasteiger partial charge in [-0.25, -0.2) is 0 Å². The van der Waals surface area contributed by atoms with Crippen LogP contribution in [0.4, 0.5) is 145 Å². The summed E-state index contributed by atoms with van der Waals surface area (Å²) in [5, 5.41) is 0. The van der Waals surface area contributed by atoms with E-state index in [2.05, 4.69) is 12.6 Å². The molecule has 0 spiro atoms. The van der Waals surface area contributed by atoms with E-state index in [0.29, 0.717) is 0 Å². The predicted octanol–water partition coefficient (Wildman–Crippen LogP) is 11.4. The van der Waals surface area contributed by atoms with Crippen molar-refractivity contribution in [3.05, 3.63) is 0 Å². The summed E-state index contributed by atoms with van der Waals surface area (Å²) < 4.78 is 443. The van der Waals surface area contributed by atoms with Crippen LogP contribution in [-0.2, 0) is 0 Å². The molecule has 0 nitrogen and oxygen atoms in total. The van der Waals surface area contributed by atoms with Crippen LogP contribution < -0.4 is 0 Å². The first-order chi connectivity index (χ1) is 21.8. The number of halogens is 33. The van der Waals surface area contributed by atoms with E-state index in [1.165, 1.54) is 0 Å². The third-order valence-corrected chi connectivity index (χ3v) is 6.59. The zero-order valence-electron chi connectivity index (χ0n) is 22.3. The molecule has 34 heteroatoms. The van der Waals surface area contributed by atoms with Gasteiger partial charge in [0.1, 0.15) is 0 Å². The quantitative estimate of drug-likeness (QED) is 0.116. The van der Waals surface area contributed by atoms with Gasteiger partial charge < -0.3 is 0 Å². The van der Waals surface area contributed by atoms with Gasteiger partial charge in [-0.2, -0.15) is 158 Å². The van der Waals surface area contributed by atoms with Crippen LogP contribution in [0.2, 0.25) is 0 Å². The highest BCUT2D eigenvalue weighted by atomic mass is 32.1. The van der Waals surface area contributed by atoms with Crippen molar-refractivity contribution in [2.24, 2.45) is 0 Å². The SMILES string of the molecule is FC(F)(F)C(F)(F)C(F)(F)C(F)(F)C(F)(F)C(F)(F)C(F)(F)C(F)(F)C(F)(F)C(F)(F)C(F)(F)C(F)(F)C(F)(F)C(F)(F)C(F)(F)C(F)(F)CCS. The molecule has 0 bridgehead atoms. The fraction of sp³-hybridized carbons (Fsp3) is 1.00. The molecule has 0 aliphatic carbocycles. The lowest BCUT2D eigenvalue weighted by atomic mass is 9.82. The summed E-state index contributed by atoms with van der Waals surface area (Å²) in [5.41, 5.74) is 0. The Morgan fingerprint density at radius 2 is 0.346 bits per heavy atom. The van der Waals surface area contributed by atoms with Gasteiger partial charge in [0.15, 0.2) is 0 Å². The summed E-state index contributed by atoms with van der Waals surface area (Å²) >= 11 is 2.64. The molecule has 0 amide bonds. The van der Waals surface area contributed by atoms with Gasteiger partial charge in [0.2, 0.25) is 0 Å². The maximum atomic E-state index is 13.8. The lowest BCUT2D eigenvalue weighted by Gasteiger charge is -2.46. The number of thiol groups is 1. The van der Waals surface area contributed by atoms with Crippen LogP contribution in [0.3, 0.4) is 0 Å². The van der Waals surface area contributed by atoms with E-state index in [1.807, 2.05) is 0 Å². The molecule has 0 unspecified atom stereocenters. The zero-order valence-corrected chi connectivity index (χ0v) is 23.2. The van der Waals surface area contributed by atoms with E-state index in [-0.39, 0.29) is 0 Å². The summed E-state index contributed by atoms with van der Waals surface area (Å²) in [7, 11) is 0. The molecule has 0 N–H and O–H groups in total. The lowest BCUT2D eigenvalue weighted by molar-refractivity contribution is -0.491. The van der Waals surface area contributed by atoms with Crippen molar-refractivity contribution in [1.29, 1.82) is 0 Å². The summed E-state index contributed by atoms with van der Waals surface area (Å²) in [6.07, 6.45) is -11.4. The summed E-state index contributed by atoms with van der Waals surface area (Å²) in [4.78, 5) is 0. The van der Waals surface area contributed by atoms with Gasteiger partial charge in [0.25, 0.3) is 0 Å². The second-order valence-corrected chi connectivity index (χ2v) is 10.2. The number of hydrogen-bond acceptors (Lipinski definition) is 1.